The maximum Gasteiger partial charge on any atom is 2.00 e. The van der Waals surface area contributed by atoms with Crippen LogP contribution in [0.2, 0.25) is 0 Å². The predicted octanol–water partition coefficient (Wildman–Crippen LogP) is 1.16. The Morgan fingerprint density at radius 1 is 0.941 bits per heavy atom. The van der Waals surface area contributed by atoms with E-state index in [-0.39, 0.29) is 40.0 Å². The molecule has 0 rings (SSSR count). The van der Waals surface area contributed by atoms with Crippen LogP contribution in [-0.2, 0) is 4.74 Å². The molecule has 0 fully saturated rings. The van der Waals surface area contributed by atoms with Crippen LogP contribution in [0.15, 0.2) is 12.2 Å². The van der Waals surface area contributed by atoms with Gasteiger partial charge in [-0.1, -0.05) is 38.7 Å². The van der Waals surface area contributed by atoms with E-state index in [9.17, 15) is 0 Å². The number of halogens is 1. The number of allylic oxidation sites excluding steroid dienone is 2. The molecule has 1 nitrogen and oxygen atoms in total. The Morgan fingerprint density at radius 2 is 1.59 bits per heavy atom. The van der Waals surface area contributed by atoms with Crippen LogP contribution in [0.25, 0.3) is 0 Å². The van der Waals surface area contributed by atoms with Gasteiger partial charge in [0.2, 0.25) is 0 Å². The second kappa shape index (κ2) is 22.2. The summed E-state index contributed by atoms with van der Waals surface area (Å²) in [6.07, 6.45) is 14.1. The molecule has 0 aliphatic carbocycles. The van der Waals surface area contributed by atoms with Gasteiger partial charge in [-0.3, -0.25) is 0 Å². The molecule has 0 bridgehead atoms. The number of unbranched alkanes of at least 4 members (excludes halogenated alkanes) is 5. The van der Waals surface area contributed by atoms with E-state index in [1.165, 1.54) is 32.1 Å². The van der Waals surface area contributed by atoms with E-state index in [1.807, 2.05) is 0 Å². The summed E-state index contributed by atoms with van der Waals surface area (Å²) in [4.78, 5) is 0. The zero-order chi connectivity index (χ0) is 11.2. The molecule has 0 atom stereocenters. The number of rotatable bonds is 11. The molecule has 0 aliphatic rings. The molecule has 0 aromatic carbocycles. The predicted molar refractivity (Wildman–Crippen MR) is 73.7 cm³/mol. The van der Waals surface area contributed by atoms with Crippen LogP contribution in [0.1, 0.15) is 58.3 Å². The van der Waals surface area contributed by atoms with Crippen LogP contribution in [0, 0.1) is 6.92 Å². The molecule has 0 heterocycles. The fourth-order valence-corrected chi connectivity index (χ4v) is 1.45. The molecule has 0 aromatic heterocycles. The van der Waals surface area contributed by atoms with Crippen LogP contribution in [0.5, 0.6) is 0 Å². The monoisotopic (exact) mass is 314 g/mol. The van der Waals surface area contributed by atoms with Gasteiger partial charge in [-0.05, 0) is 19.3 Å². The smallest absolute Gasteiger partial charge is 1.00 e. The minimum atomic E-state index is 0. The Bertz CT molecular complexity index is 140. The standard InChI is InChI=1S/C14H27O.BrH.Mg/c1-3-5-7-9-11-13-15-14-12-10-8-6-4-2;;/h5,7H,1,3-4,6,8-14H2,2H3;1H;/q-1;;+2/p-1/b7-5+;;. The van der Waals surface area contributed by atoms with Crippen molar-refractivity contribution in [1.82, 2.24) is 0 Å². The molecular weight excluding hydrogens is 288 g/mol. The van der Waals surface area contributed by atoms with Crippen LogP contribution < -0.4 is 17.0 Å². The fraction of sp³-hybridized carbons (Fsp3) is 0.786. The van der Waals surface area contributed by atoms with Crippen molar-refractivity contribution in [2.45, 2.75) is 58.3 Å². The number of hydrogen-bond acceptors (Lipinski definition) is 1. The topological polar surface area (TPSA) is 9.23 Å². The van der Waals surface area contributed by atoms with Gasteiger partial charge in [0.25, 0.3) is 0 Å². The Kier molecular flexibility index (Phi) is 30.1. The molecule has 3 heteroatoms. The van der Waals surface area contributed by atoms with E-state index in [4.69, 9.17) is 4.74 Å². The first-order chi connectivity index (χ1) is 7.41. The molecule has 0 aromatic rings. The van der Waals surface area contributed by atoms with Crippen molar-refractivity contribution in [3.05, 3.63) is 19.1 Å². The van der Waals surface area contributed by atoms with E-state index < -0.39 is 0 Å². The zero-order valence-corrected chi connectivity index (χ0v) is 14.4. The molecule has 0 saturated carbocycles. The van der Waals surface area contributed by atoms with E-state index in [0.717, 1.165) is 32.5 Å². The van der Waals surface area contributed by atoms with Gasteiger partial charge in [-0.2, -0.15) is 6.42 Å². The molecule has 17 heavy (non-hydrogen) atoms. The summed E-state index contributed by atoms with van der Waals surface area (Å²) >= 11 is 0. The average Bonchev–Trinajstić information content (AvgIpc) is 2.26. The van der Waals surface area contributed by atoms with Crippen molar-refractivity contribution in [3.63, 3.8) is 0 Å². The molecule has 0 unspecified atom stereocenters. The minimum absolute atomic E-state index is 0. The Hall–Kier alpha value is 0.946. The first kappa shape index (κ1) is 23.1. The maximum absolute atomic E-state index is 5.54. The van der Waals surface area contributed by atoms with Crippen molar-refractivity contribution >= 4 is 23.1 Å². The van der Waals surface area contributed by atoms with Gasteiger partial charge in [0.15, 0.2) is 0 Å². The average molecular weight is 316 g/mol. The number of ether oxygens (including phenoxy) is 1. The largest absolute Gasteiger partial charge is 2.00 e. The van der Waals surface area contributed by atoms with Crippen molar-refractivity contribution in [3.8, 4) is 0 Å². The number of hydrogen-bond donors (Lipinski definition) is 0. The van der Waals surface area contributed by atoms with E-state index >= 15 is 0 Å². The second-order valence-electron chi connectivity index (χ2n) is 3.93. The normalized spacial score (nSPS) is 10.0. The van der Waals surface area contributed by atoms with Crippen molar-refractivity contribution in [2.75, 3.05) is 13.2 Å². The third-order valence-electron chi connectivity index (χ3n) is 2.39. The van der Waals surface area contributed by atoms with Gasteiger partial charge in [-0.25, -0.2) is 0 Å². The van der Waals surface area contributed by atoms with Crippen molar-refractivity contribution in [1.29, 1.82) is 0 Å². The Labute approximate surface area is 135 Å². The Balaban J connectivity index is -0.000000980. The quantitative estimate of drug-likeness (QED) is 0.241. The first-order valence-corrected chi connectivity index (χ1v) is 6.43. The summed E-state index contributed by atoms with van der Waals surface area (Å²) in [6.45, 7) is 7.86. The Morgan fingerprint density at radius 3 is 2.24 bits per heavy atom. The summed E-state index contributed by atoms with van der Waals surface area (Å²) in [6, 6.07) is 0. The van der Waals surface area contributed by atoms with Gasteiger partial charge >= 0.3 is 23.1 Å². The first-order valence-electron chi connectivity index (χ1n) is 6.43. The zero-order valence-electron chi connectivity index (χ0n) is 11.4. The SMILES string of the molecule is [Br-].[CH2-]C/C=C/CCCOCCCCCCC.[Mg+2]. The van der Waals surface area contributed by atoms with Crippen molar-refractivity contribution in [2.24, 2.45) is 0 Å². The van der Waals surface area contributed by atoms with Gasteiger partial charge in [0.1, 0.15) is 0 Å². The van der Waals surface area contributed by atoms with Crippen LogP contribution >= 0.6 is 0 Å². The molecule has 0 aliphatic heterocycles. The summed E-state index contributed by atoms with van der Waals surface area (Å²) in [7, 11) is 0. The van der Waals surface area contributed by atoms with E-state index in [2.05, 4.69) is 26.0 Å². The summed E-state index contributed by atoms with van der Waals surface area (Å²) in [5.74, 6) is 0. The molecule has 0 amide bonds. The van der Waals surface area contributed by atoms with Crippen LogP contribution in [-0.4, -0.2) is 36.3 Å². The van der Waals surface area contributed by atoms with Crippen LogP contribution in [0.3, 0.4) is 0 Å². The molecular formula is C14H27BrMgO. The molecule has 0 radical (unpaired) electrons. The summed E-state index contributed by atoms with van der Waals surface area (Å²) < 4.78 is 5.54. The third kappa shape index (κ3) is 22.6. The van der Waals surface area contributed by atoms with Gasteiger partial charge in [-0.15, -0.1) is 6.08 Å². The van der Waals surface area contributed by atoms with Crippen LogP contribution in [0.4, 0.5) is 0 Å². The molecule has 0 N–H and O–H groups in total. The van der Waals surface area contributed by atoms with E-state index in [1.54, 1.807) is 0 Å². The third-order valence-corrected chi connectivity index (χ3v) is 2.39. The van der Waals surface area contributed by atoms with Gasteiger partial charge < -0.3 is 28.6 Å². The second-order valence-corrected chi connectivity index (χ2v) is 3.93. The fourth-order valence-electron chi connectivity index (χ4n) is 1.45. The molecule has 0 saturated heterocycles. The summed E-state index contributed by atoms with van der Waals surface area (Å²) in [5.41, 5.74) is 0. The minimum Gasteiger partial charge on any atom is -1.00 e. The maximum atomic E-state index is 5.54. The van der Waals surface area contributed by atoms with Crippen molar-refractivity contribution < 1.29 is 21.7 Å². The van der Waals surface area contributed by atoms with E-state index in [0.29, 0.717) is 0 Å². The van der Waals surface area contributed by atoms with Gasteiger partial charge in [0.05, 0.1) is 0 Å². The molecule has 0 spiro atoms. The summed E-state index contributed by atoms with van der Waals surface area (Å²) in [5, 5.41) is 0. The molecule has 98 valence electrons. The van der Waals surface area contributed by atoms with Gasteiger partial charge in [0, 0.05) is 13.2 Å².